The van der Waals surface area contributed by atoms with Crippen LogP contribution in [0, 0.1) is 11.8 Å². The zero-order chi connectivity index (χ0) is 19.6. The van der Waals surface area contributed by atoms with Crippen LogP contribution in [-0.4, -0.2) is 61.0 Å². The third-order valence-electron chi connectivity index (χ3n) is 6.77. The highest BCUT2D eigenvalue weighted by molar-refractivity contribution is 7.99. The van der Waals surface area contributed by atoms with Gasteiger partial charge in [-0.05, 0) is 38.0 Å². The van der Waals surface area contributed by atoms with Gasteiger partial charge < -0.3 is 15.5 Å². The van der Waals surface area contributed by atoms with Crippen LogP contribution in [0.5, 0.6) is 0 Å². The zero-order valence-corrected chi connectivity index (χ0v) is 18.6. The number of rotatable bonds is 7. The number of aliphatic imine (C=N–C) groups is 1. The van der Waals surface area contributed by atoms with Gasteiger partial charge >= 0.3 is 0 Å². The van der Waals surface area contributed by atoms with Crippen LogP contribution in [0.25, 0.3) is 0 Å². The molecule has 3 fully saturated rings. The van der Waals surface area contributed by atoms with Gasteiger partial charge in [-0.25, -0.2) is 0 Å². The molecule has 3 aliphatic rings. The summed E-state index contributed by atoms with van der Waals surface area (Å²) in [6.07, 6.45) is 13.9. The Bertz CT molecular complexity index is 493. The van der Waals surface area contributed by atoms with E-state index in [1.54, 1.807) is 0 Å². The highest BCUT2D eigenvalue weighted by Gasteiger charge is 2.30. The molecule has 1 amide bonds. The summed E-state index contributed by atoms with van der Waals surface area (Å²) in [7, 11) is 1.86. The normalized spacial score (nSPS) is 27.0. The van der Waals surface area contributed by atoms with Gasteiger partial charge in [0.2, 0.25) is 5.91 Å². The summed E-state index contributed by atoms with van der Waals surface area (Å²) >= 11 is 1.96. The van der Waals surface area contributed by atoms with Crippen molar-refractivity contribution < 1.29 is 4.79 Å². The molecule has 3 rings (SSSR count). The number of unbranched alkanes of at least 4 members (excludes halogenated alkanes) is 1. The molecule has 0 aromatic carbocycles. The van der Waals surface area contributed by atoms with E-state index in [1.165, 1.54) is 44.9 Å². The van der Waals surface area contributed by atoms with Crippen LogP contribution < -0.4 is 10.6 Å². The number of carbonyl (C=O) groups excluding carboxylic acids is 1. The van der Waals surface area contributed by atoms with Gasteiger partial charge in [-0.2, -0.15) is 11.8 Å². The maximum atomic E-state index is 12.7. The summed E-state index contributed by atoms with van der Waals surface area (Å²) in [6.45, 7) is 2.89. The summed E-state index contributed by atoms with van der Waals surface area (Å²) in [6, 6.07) is 0.450. The molecule has 0 radical (unpaired) electrons. The summed E-state index contributed by atoms with van der Waals surface area (Å²) in [5.74, 6) is 4.79. The van der Waals surface area contributed by atoms with Crippen molar-refractivity contribution in [2.45, 2.75) is 76.7 Å². The van der Waals surface area contributed by atoms with Crippen molar-refractivity contribution in [3.8, 4) is 0 Å². The molecule has 160 valence electrons. The number of amides is 1. The molecule has 1 saturated heterocycles. The Labute approximate surface area is 175 Å². The SMILES string of the molecule is CN=C(NCCCCC1CCCC1)NC1CCC(C(=O)N2CCSCC2)CC1. The van der Waals surface area contributed by atoms with Gasteiger partial charge in [0.05, 0.1) is 0 Å². The number of nitrogens with zero attached hydrogens (tertiary/aromatic N) is 2. The largest absolute Gasteiger partial charge is 0.356 e. The van der Waals surface area contributed by atoms with E-state index in [9.17, 15) is 4.79 Å². The molecule has 0 bridgehead atoms. The van der Waals surface area contributed by atoms with E-state index < -0.39 is 0 Å². The predicted molar refractivity (Wildman–Crippen MR) is 120 cm³/mol. The number of hydrogen-bond donors (Lipinski definition) is 2. The average Bonchev–Trinajstić information content (AvgIpc) is 3.27. The zero-order valence-electron chi connectivity index (χ0n) is 17.8. The van der Waals surface area contributed by atoms with E-state index in [0.29, 0.717) is 11.9 Å². The van der Waals surface area contributed by atoms with E-state index in [4.69, 9.17) is 0 Å². The molecule has 1 heterocycles. The summed E-state index contributed by atoms with van der Waals surface area (Å²) in [5, 5.41) is 7.08. The highest BCUT2D eigenvalue weighted by atomic mass is 32.2. The van der Waals surface area contributed by atoms with Gasteiger partial charge in [-0.15, -0.1) is 0 Å². The maximum Gasteiger partial charge on any atom is 0.225 e. The molecule has 0 aromatic heterocycles. The summed E-state index contributed by atoms with van der Waals surface area (Å²) in [4.78, 5) is 19.2. The van der Waals surface area contributed by atoms with Gasteiger partial charge in [0.1, 0.15) is 0 Å². The standard InChI is InChI=1S/C22H40N4OS/c1-23-22(24-13-5-4-8-18-6-2-3-7-18)25-20-11-9-19(10-12-20)21(27)26-14-16-28-17-15-26/h18-20H,2-17H2,1H3,(H2,23,24,25). The summed E-state index contributed by atoms with van der Waals surface area (Å²) in [5.41, 5.74) is 0. The molecule has 6 heteroatoms. The van der Waals surface area contributed by atoms with Crippen LogP contribution >= 0.6 is 11.8 Å². The lowest BCUT2D eigenvalue weighted by Gasteiger charge is -2.34. The molecule has 28 heavy (non-hydrogen) atoms. The molecule has 0 spiro atoms. The molecule has 5 nitrogen and oxygen atoms in total. The van der Waals surface area contributed by atoms with Crippen molar-refractivity contribution in [2.75, 3.05) is 38.2 Å². The average molecular weight is 409 g/mol. The van der Waals surface area contributed by atoms with Gasteiger partial charge in [0, 0.05) is 50.1 Å². The van der Waals surface area contributed by atoms with E-state index in [1.807, 2.05) is 18.8 Å². The molecule has 2 aliphatic carbocycles. The van der Waals surface area contributed by atoms with Crippen LogP contribution in [0.3, 0.4) is 0 Å². The number of hydrogen-bond acceptors (Lipinski definition) is 3. The van der Waals surface area contributed by atoms with Crippen LogP contribution in [-0.2, 0) is 4.79 Å². The fraction of sp³-hybridized carbons (Fsp3) is 0.909. The summed E-state index contributed by atoms with van der Waals surface area (Å²) < 4.78 is 0. The molecule has 0 aromatic rings. The minimum Gasteiger partial charge on any atom is -0.356 e. The lowest BCUT2D eigenvalue weighted by atomic mass is 9.85. The first-order chi connectivity index (χ1) is 13.8. The van der Waals surface area contributed by atoms with E-state index in [-0.39, 0.29) is 5.92 Å². The maximum absolute atomic E-state index is 12.7. The van der Waals surface area contributed by atoms with Crippen LogP contribution in [0.15, 0.2) is 4.99 Å². The third-order valence-corrected chi connectivity index (χ3v) is 7.71. The quantitative estimate of drug-likeness (QED) is 0.384. The van der Waals surface area contributed by atoms with E-state index in [2.05, 4.69) is 20.5 Å². The van der Waals surface area contributed by atoms with Crippen LogP contribution in [0.2, 0.25) is 0 Å². The smallest absolute Gasteiger partial charge is 0.225 e. The van der Waals surface area contributed by atoms with Crippen molar-refractivity contribution in [1.29, 1.82) is 0 Å². The Morgan fingerprint density at radius 1 is 1.04 bits per heavy atom. The number of guanidine groups is 1. The second-order valence-electron chi connectivity index (χ2n) is 8.78. The van der Waals surface area contributed by atoms with Gasteiger partial charge in [-0.3, -0.25) is 9.79 Å². The van der Waals surface area contributed by atoms with Crippen LogP contribution in [0.1, 0.15) is 70.6 Å². The fourth-order valence-corrected chi connectivity index (χ4v) is 5.88. The molecular formula is C22H40N4OS. The van der Waals surface area contributed by atoms with E-state index >= 15 is 0 Å². The third kappa shape index (κ3) is 6.85. The molecule has 1 aliphatic heterocycles. The minimum atomic E-state index is 0.242. The van der Waals surface area contributed by atoms with Crippen molar-refractivity contribution in [1.82, 2.24) is 15.5 Å². The van der Waals surface area contributed by atoms with Gasteiger partial charge in [0.15, 0.2) is 5.96 Å². The Morgan fingerprint density at radius 2 is 1.75 bits per heavy atom. The fourth-order valence-electron chi connectivity index (χ4n) is 4.98. The molecule has 0 atom stereocenters. The lowest BCUT2D eigenvalue weighted by Crippen LogP contribution is -2.47. The van der Waals surface area contributed by atoms with Crippen molar-refractivity contribution in [2.24, 2.45) is 16.8 Å². The lowest BCUT2D eigenvalue weighted by molar-refractivity contribution is -0.136. The number of carbonyl (C=O) groups is 1. The van der Waals surface area contributed by atoms with Crippen molar-refractivity contribution in [3.63, 3.8) is 0 Å². The Kier molecular flexibility index (Phi) is 9.29. The van der Waals surface area contributed by atoms with Crippen LogP contribution in [0.4, 0.5) is 0 Å². The highest BCUT2D eigenvalue weighted by Crippen LogP contribution is 2.29. The Hall–Kier alpha value is -0.910. The predicted octanol–water partition coefficient (Wildman–Crippen LogP) is 3.65. The number of thioether (sulfide) groups is 1. The van der Waals surface area contributed by atoms with Gasteiger partial charge in [-0.1, -0.05) is 38.5 Å². The number of nitrogens with one attached hydrogen (secondary N) is 2. The second kappa shape index (κ2) is 11.9. The van der Waals surface area contributed by atoms with Crippen molar-refractivity contribution >= 4 is 23.6 Å². The Morgan fingerprint density at radius 3 is 2.43 bits per heavy atom. The molecule has 2 saturated carbocycles. The first-order valence-corrected chi connectivity index (χ1v) is 12.8. The first-order valence-electron chi connectivity index (χ1n) is 11.6. The molecule has 2 N–H and O–H groups in total. The second-order valence-corrected chi connectivity index (χ2v) is 10.0. The van der Waals surface area contributed by atoms with E-state index in [0.717, 1.165) is 68.7 Å². The Balaban J connectivity index is 1.28. The molecular weight excluding hydrogens is 368 g/mol. The van der Waals surface area contributed by atoms with Gasteiger partial charge in [0.25, 0.3) is 0 Å². The first kappa shape index (κ1) is 21.8. The minimum absolute atomic E-state index is 0.242. The topological polar surface area (TPSA) is 56.7 Å². The monoisotopic (exact) mass is 408 g/mol. The molecule has 0 unspecified atom stereocenters. The van der Waals surface area contributed by atoms with Crippen molar-refractivity contribution in [3.05, 3.63) is 0 Å².